The van der Waals surface area contributed by atoms with Gasteiger partial charge < -0.3 is 13.7 Å². The van der Waals surface area contributed by atoms with Gasteiger partial charge in [-0.3, -0.25) is 0 Å². The van der Waals surface area contributed by atoms with E-state index in [1.165, 1.54) is 22.3 Å². The molecule has 0 bridgehead atoms. The van der Waals surface area contributed by atoms with E-state index in [1.807, 2.05) is 24.3 Å². The molecule has 0 saturated carbocycles. The minimum Gasteiger partial charge on any atom is -0.455 e. The summed E-state index contributed by atoms with van der Waals surface area (Å²) in [5, 5.41) is 6.44. The predicted molar refractivity (Wildman–Crippen MR) is 204 cm³/mol. The molecule has 8 aromatic carbocycles. The van der Waals surface area contributed by atoms with E-state index in [4.69, 9.17) is 8.83 Å². The van der Waals surface area contributed by atoms with E-state index in [2.05, 4.69) is 157 Å². The van der Waals surface area contributed by atoms with Crippen LogP contribution >= 0.6 is 0 Å². The fourth-order valence-electron chi connectivity index (χ4n) is 7.34. The molecule has 10 aromatic rings. The number of anilines is 3. The Bertz CT molecular complexity index is 2710. The molecule has 3 heteroatoms. The lowest BCUT2D eigenvalue weighted by atomic mass is 9.98. The van der Waals surface area contributed by atoms with Crippen LogP contribution in [0.4, 0.5) is 17.1 Å². The Kier molecular flexibility index (Phi) is 6.18. The number of para-hydroxylation sites is 2. The first-order valence-electron chi connectivity index (χ1n) is 16.6. The maximum atomic E-state index is 6.65. The van der Waals surface area contributed by atoms with Crippen LogP contribution in [-0.4, -0.2) is 0 Å². The van der Waals surface area contributed by atoms with Gasteiger partial charge in [0.2, 0.25) is 0 Å². The summed E-state index contributed by atoms with van der Waals surface area (Å²) in [5.41, 5.74) is 11.4. The summed E-state index contributed by atoms with van der Waals surface area (Å²) in [6.45, 7) is 0. The van der Waals surface area contributed by atoms with Gasteiger partial charge in [-0.15, -0.1) is 0 Å². The van der Waals surface area contributed by atoms with Crippen molar-refractivity contribution in [1.29, 1.82) is 0 Å². The molecule has 0 spiro atoms. The topological polar surface area (TPSA) is 29.5 Å². The van der Waals surface area contributed by atoms with Crippen LogP contribution in [0.2, 0.25) is 0 Å². The molecule has 0 aliphatic heterocycles. The van der Waals surface area contributed by atoms with Crippen molar-refractivity contribution in [2.24, 2.45) is 0 Å². The molecule has 0 fully saturated rings. The van der Waals surface area contributed by atoms with E-state index in [0.29, 0.717) is 0 Å². The molecule has 3 nitrogen and oxygen atoms in total. The van der Waals surface area contributed by atoms with Crippen molar-refractivity contribution in [2.45, 2.75) is 0 Å². The largest absolute Gasteiger partial charge is 0.455 e. The zero-order valence-electron chi connectivity index (χ0n) is 26.5. The highest BCUT2D eigenvalue weighted by molar-refractivity contribution is 6.33. The summed E-state index contributed by atoms with van der Waals surface area (Å²) in [6.07, 6.45) is 0. The monoisotopic (exact) mass is 627 g/mol. The maximum Gasteiger partial charge on any atom is 0.147 e. The predicted octanol–water partition coefficient (Wildman–Crippen LogP) is 13.4. The van der Waals surface area contributed by atoms with Gasteiger partial charge in [-0.05, 0) is 82.2 Å². The van der Waals surface area contributed by atoms with Crippen molar-refractivity contribution >= 4 is 71.7 Å². The average molecular weight is 628 g/mol. The van der Waals surface area contributed by atoms with E-state index >= 15 is 0 Å². The standard InChI is InChI=1S/C46H29NO2/c1-3-11-30(12-4-1)32-19-23-34(24-20-32)47(35-25-21-33(22-26-35)31-13-5-2-6-14-31)36-27-28-37-40(29-36)43-38-15-7-9-17-41(38)49-46(43)44-39-16-8-10-18-42(39)48-45(37)44/h1-29H. The number of rotatable bonds is 5. The lowest BCUT2D eigenvalue weighted by Crippen LogP contribution is -2.09. The average Bonchev–Trinajstić information content (AvgIpc) is 3.76. The maximum absolute atomic E-state index is 6.65. The molecule has 2 aromatic heterocycles. The number of furan rings is 2. The Morgan fingerprint density at radius 3 is 1.33 bits per heavy atom. The Hall–Kier alpha value is -6.58. The van der Waals surface area contributed by atoms with Gasteiger partial charge in [-0.2, -0.15) is 0 Å². The van der Waals surface area contributed by atoms with E-state index in [0.717, 1.165) is 71.7 Å². The van der Waals surface area contributed by atoms with E-state index in [1.54, 1.807) is 0 Å². The van der Waals surface area contributed by atoms with Crippen LogP contribution in [0.3, 0.4) is 0 Å². The van der Waals surface area contributed by atoms with Crippen LogP contribution in [0.1, 0.15) is 0 Å². The van der Waals surface area contributed by atoms with Gasteiger partial charge in [0, 0.05) is 38.6 Å². The SMILES string of the molecule is c1ccc(-c2ccc(N(c3ccc(-c4ccccc4)cc3)c3ccc4c(c3)c3c5ccccc5oc3c3c5ccccc5oc43)cc2)cc1. The van der Waals surface area contributed by atoms with Crippen molar-refractivity contribution < 1.29 is 8.83 Å². The van der Waals surface area contributed by atoms with Crippen molar-refractivity contribution in [3.63, 3.8) is 0 Å². The summed E-state index contributed by atoms with van der Waals surface area (Å²) >= 11 is 0. The molecular weight excluding hydrogens is 599 g/mol. The van der Waals surface area contributed by atoms with Gasteiger partial charge in [0.25, 0.3) is 0 Å². The lowest BCUT2D eigenvalue weighted by Gasteiger charge is -2.26. The number of fused-ring (bicyclic) bond motifs is 10. The van der Waals surface area contributed by atoms with Gasteiger partial charge in [-0.1, -0.05) is 121 Å². The van der Waals surface area contributed by atoms with Crippen LogP contribution in [0.15, 0.2) is 185 Å². The zero-order valence-corrected chi connectivity index (χ0v) is 26.5. The van der Waals surface area contributed by atoms with Crippen LogP contribution in [0, 0.1) is 0 Å². The Balaban J connectivity index is 1.21. The summed E-state index contributed by atoms with van der Waals surface area (Å²) < 4.78 is 13.2. The van der Waals surface area contributed by atoms with Crippen LogP contribution in [-0.2, 0) is 0 Å². The fraction of sp³-hybridized carbons (Fsp3) is 0. The van der Waals surface area contributed by atoms with Gasteiger partial charge in [0.15, 0.2) is 0 Å². The minimum atomic E-state index is 0.847. The second-order valence-electron chi connectivity index (χ2n) is 12.5. The normalized spacial score (nSPS) is 11.7. The van der Waals surface area contributed by atoms with E-state index in [-0.39, 0.29) is 0 Å². The van der Waals surface area contributed by atoms with Crippen molar-refractivity contribution in [3.05, 3.63) is 176 Å². The molecule has 0 amide bonds. The molecule has 0 atom stereocenters. The third-order valence-corrected chi connectivity index (χ3v) is 9.66. The molecule has 230 valence electrons. The van der Waals surface area contributed by atoms with Crippen molar-refractivity contribution in [3.8, 4) is 22.3 Å². The number of hydrogen-bond donors (Lipinski definition) is 0. The molecule has 10 rings (SSSR count). The first-order valence-corrected chi connectivity index (χ1v) is 16.6. The Morgan fingerprint density at radius 2 is 0.755 bits per heavy atom. The van der Waals surface area contributed by atoms with Crippen molar-refractivity contribution in [1.82, 2.24) is 0 Å². The Morgan fingerprint density at radius 1 is 0.306 bits per heavy atom. The first kappa shape index (κ1) is 27.5. The molecule has 0 saturated heterocycles. The van der Waals surface area contributed by atoms with Gasteiger partial charge in [-0.25, -0.2) is 0 Å². The molecule has 49 heavy (non-hydrogen) atoms. The van der Waals surface area contributed by atoms with Crippen molar-refractivity contribution in [2.75, 3.05) is 4.90 Å². The highest BCUT2D eigenvalue weighted by Gasteiger charge is 2.22. The number of nitrogens with zero attached hydrogens (tertiary/aromatic N) is 1. The quantitative estimate of drug-likeness (QED) is 0.190. The molecule has 0 radical (unpaired) electrons. The number of hydrogen-bond acceptors (Lipinski definition) is 3. The van der Waals surface area contributed by atoms with E-state index in [9.17, 15) is 0 Å². The molecule has 2 heterocycles. The van der Waals surface area contributed by atoms with Crippen LogP contribution in [0.25, 0.3) is 76.9 Å². The molecule has 0 aliphatic carbocycles. The summed E-state index contributed by atoms with van der Waals surface area (Å²) in [6, 6.07) is 62.0. The second kappa shape index (κ2) is 11.0. The summed E-state index contributed by atoms with van der Waals surface area (Å²) in [7, 11) is 0. The molecule has 0 N–H and O–H groups in total. The molecular formula is C46H29NO2. The first-order chi connectivity index (χ1) is 24.3. The highest BCUT2D eigenvalue weighted by atomic mass is 16.3. The van der Waals surface area contributed by atoms with Gasteiger partial charge in [0.1, 0.15) is 22.3 Å². The van der Waals surface area contributed by atoms with Crippen LogP contribution in [0.5, 0.6) is 0 Å². The zero-order chi connectivity index (χ0) is 32.3. The highest BCUT2D eigenvalue weighted by Crippen LogP contribution is 2.47. The molecule has 0 unspecified atom stereocenters. The Labute approximate surface area is 282 Å². The summed E-state index contributed by atoms with van der Waals surface area (Å²) in [4.78, 5) is 2.33. The minimum absolute atomic E-state index is 0.847. The second-order valence-corrected chi connectivity index (χ2v) is 12.5. The van der Waals surface area contributed by atoms with Gasteiger partial charge in [0.05, 0.1) is 5.39 Å². The third kappa shape index (κ3) is 4.44. The summed E-state index contributed by atoms with van der Waals surface area (Å²) in [5.74, 6) is 0. The van der Waals surface area contributed by atoms with Gasteiger partial charge >= 0.3 is 0 Å². The third-order valence-electron chi connectivity index (χ3n) is 9.66. The molecule has 0 aliphatic rings. The van der Waals surface area contributed by atoms with Crippen LogP contribution < -0.4 is 4.90 Å². The fourth-order valence-corrected chi connectivity index (χ4v) is 7.34. The number of benzene rings is 8. The lowest BCUT2D eigenvalue weighted by molar-refractivity contribution is 0.665. The smallest absolute Gasteiger partial charge is 0.147 e. The van der Waals surface area contributed by atoms with E-state index < -0.39 is 0 Å².